The van der Waals surface area contributed by atoms with E-state index in [-0.39, 0.29) is 6.04 Å². The fourth-order valence-electron chi connectivity index (χ4n) is 2.82. The van der Waals surface area contributed by atoms with Crippen LogP contribution < -0.4 is 0 Å². The quantitative estimate of drug-likeness (QED) is 0.837. The van der Waals surface area contributed by atoms with E-state index in [4.69, 9.17) is 0 Å². The number of hydrogen-bond acceptors (Lipinski definition) is 3. The van der Waals surface area contributed by atoms with E-state index in [1.54, 1.807) is 18.5 Å². The van der Waals surface area contributed by atoms with Gasteiger partial charge in [-0.1, -0.05) is 0 Å². The van der Waals surface area contributed by atoms with E-state index >= 15 is 0 Å². The van der Waals surface area contributed by atoms with E-state index in [1.807, 2.05) is 13.1 Å². The number of carbonyl (C=O) groups is 1. The molecule has 1 aliphatic heterocycles. The van der Waals surface area contributed by atoms with Gasteiger partial charge >= 0.3 is 6.09 Å². The van der Waals surface area contributed by atoms with Crippen LogP contribution in [0.25, 0.3) is 10.9 Å². The SMILES string of the molecule is CN1CCCC1c1cc2cnccc2n1C(=O)O. The molecule has 1 saturated heterocycles. The summed E-state index contributed by atoms with van der Waals surface area (Å²) in [4.78, 5) is 17.7. The van der Waals surface area contributed by atoms with Crippen LogP contribution in [0, 0.1) is 0 Å². The van der Waals surface area contributed by atoms with Gasteiger partial charge in [-0.25, -0.2) is 9.36 Å². The molecule has 0 aliphatic carbocycles. The summed E-state index contributed by atoms with van der Waals surface area (Å²) in [5.74, 6) is 0. The van der Waals surface area contributed by atoms with Crippen LogP contribution in [0.15, 0.2) is 24.5 Å². The Labute approximate surface area is 105 Å². The minimum Gasteiger partial charge on any atom is -0.464 e. The predicted molar refractivity (Wildman–Crippen MR) is 67.8 cm³/mol. The zero-order valence-corrected chi connectivity index (χ0v) is 10.2. The van der Waals surface area contributed by atoms with Gasteiger partial charge in [0.05, 0.1) is 11.6 Å². The standard InChI is InChI=1S/C13H15N3O2/c1-15-6-2-3-11(15)12-7-9-8-14-5-4-10(9)16(12)13(17)18/h4-5,7-8,11H,2-3,6H2,1H3,(H,17,18). The summed E-state index contributed by atoms with van der Waals surface area (Å²) in [6.07, 6.45) is 4.54. The molecule has 1 fully saturated rings. The van der Waals surface area contributed by atoms with Crippen LogP contribution >= 0.6 is 0 Å². The van der Waals surface area contributed by atoms with Gasteiger partial charge in [0.15, 0.2) is 0 Å². The number of carboxylic acid groups (broad SMARTS) is 1. The predicted octanol–water partition coefficient (Wildman–Crippen LogP) is 2.33. The van der Waals surface area contributed by atoms with Gasteiger partial charge in [0, 0.05) is 23.5 Å². The van der Waals surface area contributed by atoms with Gasteiger partial charge in [-0.05, 0) is 38.6 Å². The molecule has 0 bridgehead atoms. The lowest BCUT2D eigenvalue weighted by atomic mass is 10.1. The van der Waals surface area contributed by atoms with Gasteiger partial charge in [0.25, 0.3) is 0 Å². The number of likely N-dealkylation sites (tertiary alicyclic amines) is 1. The van der Waals surface area contributed by atoms with E-state index < -0.39 is 6.09 Å². The lowest BCUT2D eigenvalue weighted by Gasteiger charge is -2.20. The van der Waals surface area contributed by atoms with Gasteiger partial charge in [0.2, 0.25) is 0 Å². The van der Waals surface area contributed by atoms with Crippen molar-refractivity contribution in [1.29, 1.82) is 0 Å². The van der Waals surface area contributed by atoms with E-state index in [0.29, 0.717) is 5.52 Å². The van der Waals surface area contributed by atoms with Crippen molar-refractivity contribution in [3.05, 3.63) is 30.2 Å². The normalized spacial score (nSPS) is 20.6. The second kappa shape index (κ2) is 4.10. The minimum absolute atomic E-state index is 0.188. The monoisotopic (exact) mass is 245 g/mol. The number of hydrogen-bond donors (Lipinski definition) is 1. The van der Waals surface area contributed by atoms with Crippen molar-refractivity contribution >= 4 is 17.0 Å². The average molecular weight is 245 g/mol. The van der Waals surface area contributed by atoms with Crippen molar-refractivity contribution in [3.8, 4) is 0 Å². The minimum atomic E-state index is -0.925. The van der Waals surface area contributed by atoms with Gasteiger partial charge in [-0.2, -0.15) is 0 Å². The molecule has 5 nitrogen and oxygen atoms in total. The summed E-state index contributed by atoms with van der Waals surface area (Å²) in [7, 11) is 2.04. The summed E-state index contributed by atoms with van der Waals surface area (Å²) >= 11 is 0. The van der Waals surface area contributed by atoms with Crippen LogP contribution in [-0.2, 0) is 0 Å². The molecule has 2 aromatic heterocycles. The molecule has 0 spiro atoms. The maximum Gasteiger partial charge on any atom is 0.416 e. The molecule has 2 aromatic rings. The molecule has 18 heavy (non-hydrogen) atoms. The molecule has 1 aliphatic rings. The third-order valence-electron chi connectivity index (χ3n) is 3.68. The molecule has 94 valence electrons. The van der Waals surface area contributed by atoms with E-state index in [2.05, 4.69) is 9.88 Å². The van der Waals surface area contributed by atoms with Crippen molar-refractivity contribution in [1.82, 2.24) is 14.5 Å². The Morgan fingerprint density at radius 2 is 2.39 bits per heavy atom. The highest BCUT2D eigenvalue weighted by Gasteiger charge is 2.28. The van der Waals surface area contributed by atoms with Crippen molar-refractivity contribution in [2.45, 2.75) is 18.9 Å². The Morgan fingerprint density at radius 3 is 3.06 bits per heavy atom. The smallest absolute Gasteiger partial charge is 0.416 e. The maximum atomic E-state index is 11.5. The van der Waals surface area contributed by atoms with E-state index in [0.717, 1.165) is 30.5 Å². The molecule has 1 atom stereocenters. The average Bonchev–Trinajstić information content (AvgIpc) is 2.91. The Balaban J connectivity index is 2.21. The first kappa shape index (κ1) is 11.2. The molecular weight excluding hydrogens is 230 g/mol. The van der Waals surface area contributed by atoms with Gasteiger partial charge in [0.1, 0.15) is 0 Å². The van der Waals surface area contributed by atoms with E-state index in [9.17, 15) is 9.90 Å². The molecule has 3 heterocycles. The maximum absolute atomic E-state index is 11.5. The van der Waals surface area contributed by atoms with Gasteiger partial charge in [-0.3, -0.25) is 9.88 Å². The highest BCUT2D eigenvalue weighted by molar-refractivity contribution is 5.89. The molecule has 0 amide bonds. The molecule has 3 rings (SSSR count). The summed E-state index contributed by atoms with van der Waals surface area (Å²) in [6, 6.07) is 3.89. The van der Waals surface area contributed by atoms with Crippen LogP contribution in [0.5, 0.6) is 0 Å². The first-order chi connectivity index (χ1) is 8.68. The van der Waals surface area contributed by atoms with Gasteiger partial charge < -0.3 is 5.11 Å². The Hall–Kier alpha value is -1.88. The first-order valence-corrected chi connectivity index (χ1v) is 6.07. The molecule has 5 heteroatoms. The topological polar surface area (TPSA) is 58.4 Å². The van der Waals surface area contributed by atoms with Crippen molar-refractivity contribution in [3.63, 3.8) is 0 Å². The molecule has 1 N–H and O–H groups in total. The fourth-order valence-corrected chi connectivity index (χ4v) is 2.82. The lowest BCUT2D eigenvalue weighted by Crippen LogP contribution is -2.22. The first-order valence-electron chi connectivity index (χ1n) is 6.07. The summed E-state index contributed by atoms with van der Waals surface area (Å²) in [6.45, 7) is 1.02. The Kier molecular flexibility index (Phi) is 2.56. The Bertz CT molecular complexity index is 605. The number of fused-ring (bicyclic) bond motifs is 1. The number of rotatable bonds is 1. The molecule has 0 aromatic carbocycles. The van der Waals surface area contributed by atoms with Crippen LogP contribution in [-0.4, -0.2) is 39.2 Å². The Morgan fingerprint density at radius 1 is 1.56 bits per heavy atom. The summed E-state index contributed by atoms with van der Waals surface area (Å²) < 4.78 is 1.39. The zero-order valence-electron chi connectivity index (χ0n) is 10.2. The fraction of sp³-hybridized carbons (Fsp3) is 0.385. The second-order valence-electron chi connectivity index (χ2n) is 4.76. The van der Waals surface area contributed by atoms with Crippen molar-refractivity contribution in [2.75, 3.05) is 13.6 Å². The number of aromatic nitrogens is 2. The third kappa shape index (κ3) is 1.59. The third-order valence-corrected chi connectivity index (χ3v) is 3.68. The highest BCUT2D eigenvalue weighted by atomic mass is 16.4. The van der Waals surface area contributed by atoms with Crippen LogP contribution in [0.1, 0.15) is 24.6 Å². The summed E-state index contributed by atoms with van der Waals surface area (Å²) in [5.41, 5.74) is 1.57. The zero-order chi connectivity index (χ0) is 12.7. The second-order valence-corrected chi connectivity index (χ2v) is 4.76. The molecular formula is C13H15N3O2. The number of nitrogens with zero attached hydrogens (tertiary/aromatic N) is 3. The van der Waals surface area contributed by atoms with E-state index in [1.165, 1.54) is 4.57 Å². The lowest BCUT2D eigenvalue weighted by molar-refractivity contribution is 0.194. The van der Waals surface area contributed by atoms with Crippen LogP contribution in [0.4, 0.5) is 4.79 Å². The molecule has 0 saturated carbocycles. The van der Waals surface area contributed by atoms with Crippen LogP contribution in [0.3, 0.4) is 0 Å². The van der Waals surface area contributed by atoms with Gasteiger partial charge in [-0.15, -0.1) is 0 Å². The highest BCUT2D eigenvalue weighted by Crippen LogP contribution is 2.33. The van der Waals surface area contributed by atoms with Crippen molar-refractivity contribution in [2.24, 2.45) is 0 Å². The number of pyridine rings is 1. The van der Waals surface area contributed by atoms with Crippen molar-refractivity contribution < 1.29 is 9.90 Å². The molecule has 0 radical (unpaired) electrons. The summed E-state index contributed by atoms with van der Waals surface area (Å²) in [5, 5.41) is 10.3. The largest absolute Gasteiger partial charge is 0.464 e. The molecule has 1 unspecified atom stereocenters. The van der Waals surface area contributed by atoms with Crippen LogP contribution in [0.2, 0.25) is 0 Å².